The zero-order valence-corrected chi connectivity index (χ0v) is 12.8. The molecule has 116 valence electrons. The highest BCUT2D eigenvalue weighted by Crippen LogP contribution is 2.36. The van der Waals surface area contributed by atoms with E-state index in [2.05, 4.69) is 19.1 Å². The van der Waals surface area contributed by atoms with Crippen LogP contribution >= 0.6 is 0 Å². The number of allylic oxidation sites excluding steroid dienone is 4. The maximum Gasteiger partial charge on any atom is 0.269 e. The molecule has 1 aliphatic carbocycles. The summed E-state index contributed by atoms with van der Waals surface area (Å²) in [7, 11) is 0. The number of hydrogen-bond acceptors (Lipinski definition) is 3. The van der Waals surface area contributed by atoms with Crippen LogP contribution in [0.25, 0.3) is 0 Å². The molecule has 0 saturated heterocycles. The van der Waals surface area contributed by atoms with Gasteiger partial charge in [0.1, 0.15) is 0 Å². The minimum absolute atomic E-state index is 0.0602. The zero-order valence-electron chi connectivity index (χ0n) is 12.8. The van der Waals surface area contributed by atoms with Crippen molar-refractivity contribution in [1.82, 2.24) is 0 Å². The fourth-order valence-corrected chi connectivity index (χ4v) is 2.95. The lowest BCUT2D eigenvalue weighted by Gasteiger charge is -2.27. The number of nitro groups is 1. The lowest BCUT2D eigenvalue weighted by atomic mass is 9.75. The summed E-state index contributed by atoms with van der Waals surface area (Å²) >= 11 is 0. The monoisotopic (exact) mass is 299 g/mol. The molecule has 0 N–H and O–H groups in total. The minimum Gasteiger partial charge on any atom is -0.294 e. The number of ketones is 1. The van der Waals surface area contributed by atoms with E-state index in [4.69, 9.17) is 0 Å². The zero-order chi connectivity index (χ0) is 15.9. The maximum absolute atomic E-state index is 12.3. The minimum atomic E-state index is -0.417. The Kier molecular flexibility index (Phi) is 5.64. The summed E-state index contributed by atoms with van der Waals surface area (Å²) in [6.07, 6.45) is 11.7. The summed E-state index contributed by atoms with van der Waals surface area (Å²) in [6, 6.07) is 6.40. The highest BCUT2D eigenvalue weighted by Gasteiger charge is 2.30. The summed E-state index contributed by atoms with van der Waals surface area (Å²) in [5.41, 5.74) is 0.939. The highest BCUT2D eigenvalue weighted by molar-refractivity contribution is 5.96. The van der Waals surface area contributed by atoms with Gasteiger partial charge in [-0.1, -0.05) is 37.3 Å². The summed E-state index contributed by atoms with van der Waals surface area (Å²) in [4.78, 5) is 22.6. The van der Waals surface area contributed by atoms with Crippen molar-refractivity contribution < 1.29 is 9.72 Å². The molecule has 22 heavy (non-hydrogen) atoms. The number of rotatable bonds is 6. The molecule has 1 aromatic carbocycles. The van der Waals surface area contributed by atoms with E-state index in [9.17, 15) is 14.9 Å². The van der Waals surface area contributed by atoms with Crippen molar-refractivity contribution in [2.45, 2.75) is 38.5 Å². The Morgan fingerprint density at radius 2 is 2.00 bits per heavy atom. The average molecular weight is 299 g/mol. The summed E-state index contributed by atoms with van der Waals surface area (Å²) in [5.74, 6) is 0.186. The molecule has 1 aromatic rings. The lowest BCUT2D eigenvalue weighted by molar-refractivity contribution is -0.384. The summed E-state index contributed by atoms with van der Waals surface area (Å²) < 4.78 is 0. The van der Waals surface area contributed by atoms with E-state index in [0.29, 0.717) is 0 Å². The van der Waals surface area contributed by atoms with Crippen LogP contribution in [0.4, 0.5) is 5.69 Å². The predicted molar refractivity (Wildman–Crippen MR) is 86.8 cm³/mol. The number of nitro benzene ring substituents is 1. The maximum atomic E-state index is 12.3. The molecule has 1 aliphatic rings. The third-order valence-electron chi connectivity index (χ3n) is 4.07. The molecule has 0 bridgehead atoms. The topological polar surface area (TPSA) is 60.2 Å². The van der Waals surface area contributed by atoms with Gasteiger partial charge in [-0.3, -0.25) is 14.9 Å². The van der Waals surface area contributed by atoms with Gasteiger partial charge >= 0.3 is 0 Å². The molecule has 0 aromatic heterocycles. The molecular weight excluding hydrogens is 278 g/mol. The first kappa shape index (κ1) is 16.1. The van der Waals surface area contributed by atoms with Gasteiger partial charge in [-0.2, -0.15) is 0 Å². The van der Waals surface area contributed by atoms with E-state index in [1.165, 1.54) is 12.1 Å². The molecule has 4 heteroatoms. The van der Waals surface area contributed by atoms with E-state index < -0.39 is 4.92 Å². The first-order valence-corrected chi connectivity index (χ1v) is 7.73. The quantitative estimate of drug-likeness (QED) is 0.439. The number of benzene rings is 1. The van der Waals surface area contributed by atoms with Gasteiger partial charge in [-0.15, -0.1) is 0 Å². The Morgan fingerprint density at radius 1 is 1.27 bits per heavy atom. The number of carbonyl (C=O) groups excluding carboxylic acids is 1. The van der Waals surface area contributed by atoms with Gasteiger partial charge in [0, 0.05) is 18.1 Å². The van der Waals surface area contributed by atoms with E-state index in [1.807, 2.05) is 6.08 Å². The Labute approximate surface area is 130 Å². The second-order valence-electron chi connectivity index (χ2n) is 5.58. The van der Waals surface area contributed by atoms with Crippen LogP contribution in [-0.4, -0.2) is 10.7 Å². The first-order valence-electron chi connectivity index (χ1n) is 7.73. The lowest BCUT2D eigenvalue weighted by Crippen LogP contribution is -2.23. The Morgan fingerprint density at radius 3 is 2.64 bits per heavy atom. The van der Waals surface area contributed by atoms with Crippen molar-refractivity contribution in [3.63, 3.8) is 0 Å². The molecule has 0 aliphatic heterocycles. The van der Waals surface area contributed by atoms with Gasteiger partial charge < -0.3 is 0 Å². The van der Waals surface area contributed by atoms with Gasteiger partial charge in [0.05, 0.1) is 4.92 Å². The number of non-ortho nitro benzene ring substituents is 1. The molecular formula is C18H21NO3. The van der Waals surface area contributed by atoms with Crippen LogP contribution in [-0.2, 0) is 4.79 Å². The molecule has 0 spiro atoms. The van der Waals surface area contributed by atoms with Crippen molar-refractivity contribution >= 4 is 11.5 Å². The van der Waals surface area contributed by atoms with E-state index >= 15 is 0 Å². The molecule has 0 radical (unpaired) electrons. The van der Waals surface area contributed by atoms with Crippen molar-refractivity contribution in [3.05, 3.63) is 64.2 Å². The van der Waals surface area contributed by atoms with Gasteiger partial charge in [0.15, 0.2) is 5.78 Å². The smallest absolute Gasteiger partial charge is 0.269 e. The molecule has 0 saturated carbocycles. The fourth-order valence-electron chi connectivity index (χ4n) is 2.95. The van der Waals surface area contributed by atoms with Crippen LogP contribution in [0.3, 0.4) is 0 Å². The molecule has 0 heterocycles. The Balaban J connectivity index is 2.16. The number of hydrogen-bond donors (Lipinski definition) is 0. The van der Waals surface area contributed by atoms with Crippen LogP contribution in [0, 0.1) is 16.0 Å². The van der Waals surface area contributed by atoms with Gasteiger partial charge in [0.25, 0.3) is 5.69 Å². The molecule has 0 unspecified atom stereocenters. The average Bonchev–Trinajstić information content (AvgIpc) is 2.52. The second-order valence-corrected chi connectivity index (χ2v) is 5.58. The normalized spacial score (nSPS) is 21.4. The molecule has 4 nitrogen and oxygen atoms in total. The Hall–Kier alpha value is -2.23. The van der Waals surface area contributed by atoms with Crippen molar-refractivity contribution in [2.75, 3.05) is 0 Å². The highest BCUT2D eigenvalue weighted by atomic mass is 16.6. The number of nitrogens with zero attached hydrogens (tertiary/aromatic N) is 1. The van der Waals surface area contributed by atoms with Crippen LogP contribution < -0.4 is 0 Å². The molecule has 0 fully saturated rings. The van der Waals surface area contributed by atoms with Crippen LogP contribution in [0.2, 0.25) is 0 Å². The number of carbonyl (C=O) groups is 1. The Bertz CT molecular complexity index is 587. The SMILES string of the molecule is CC/C=C\CC[C@@H]1CC=CC(=O)[C@H]1c1ccc([N+](=O)[O-])cc1. The standard InChI is InChI=1S/C18H21NO3/c1-2-3-4-5-7-14-8-6-9-17(20)18(14)15-10-12-16(13-11-15)19(21)22/h3-4,6,9-14,18H,2,5,7-8H2,1H3/b4-3-/t14-,18-/m1/s1. The van der Waals surface area contributed by atoms with Crippen molar-refractivity contribution in [3.8, 4) is 0 Å². The van der Waals surface area contributed by atoms with Crippen molar-refractivity contribution in [1.29, 1.82) is 0 Å². The van der Waals surface area contributed by atoms with E-state index in [1.54, 1.807) is 18.2 Å². The third-order valence-corrected chi connectivity index (χ3v) is 4.07. The third kappa shape index (κ3) is 3.91. The van der Waals surface area contributed by atoms with Gasteiger partial charge in [-0.05, 0) is 43.2 Å². The molecule has 2 rings (SSSR count). The van der Waals surface area contributed by atoms with Crippen molar-refractivity contribution in [2.24, 2.45) is 5.92 Å². The van der Waals surface area contributed by atoms with Crippen LogP contribution in [0.5, 0.6) is 0 Å². The van der Waals surface area contributed by atoms with Gasteiger partial charge in [-0.25, -0.2) is 0 Å². The molecule has 2 atom stereocenters. The van der Waals surface area contributed by atoms with Crippen LogP contribution in [0.1, 0.15) is 44.1 Å². The van der Waals surface area contributed by atoms with Gasteiger partial charge in [0.2, 0.25) is 0 Å². The molecule has 0 amide bonds. The van der Waals surface area contributed by atoms with Crippen LogP contribution in [0.15, 0.2) is 48.6 Å². The summed E-state index contributed by atoms with van der Waals surface area (Å²) in [6.45, 7) is 2.10. The second kappa shape index (κ2) is 7.69. The predicted octanol–water partition coefficient (Wildman–Crippen LogP) is 4.57. The summed E-state index contributed by atoms with van der Waals surface area (Å²) in [5, 5.41) is 10.7. The fraction of sp³-hybridized carbons (Fsp3) is 0.389. The van der Waals surface area contributed by atoms with E-state index in [0.717, 1.165) is 31.2 Å². The largest absolute Gasteiger partial charge is 0.294 e. The first-order chi connectivity index (χ1) is 10.6. The van der Waals surface area contributed by atoms with E-state index in [-0.39, 0.29) is 23.3 Å².